The van der Waals surface area contributed by atoms with Crippen LogP contribution in [0.3, 0.4) is 0 Å². The van der Waals surface area contributed by atoms with Crippen LogP contribution in [0.15, 0.2) is 18.5 Å². The van der Waals surface area contributed by atoms with Crippen LogP contribution in [0.25, 0.3) is 5.69 Å². The number of alkyl halides is 3. The Morgan fingerprint density at radius 1 is 1.37 bits per heavy atom. The topological polar surface area (TPSA) is 138 Å². The summed E-state index contributed by atoms with van der Waals surface area (Å²) in [5.41, 5.74) is -0.978. The second-order valence-electron chi connectivity index (χ2n) is 9.47. The predicted octanol–water partition coefficient (Wildman–Crippen LogP) is 2.82. The number of nitrogens with zero attached hydrogens (tertiary/aromatic N) is 5. The number of aromatic nitrogens is 3. The number of carbonyl (C=O) groups is 1. The zero-order valence-corrected chi connectivity index (χ0v) is 22.1. The zero-order valence-electron chi connectivity index (χ0n) is 21.3. The Hall–Kier alpha value is -3.18. The second kappa shape index (κ2) is 11.3. The van der Waals surface area contributed by atoms with Gasteiger partial charge in [0.05, 0.1) is 24.2 Å². The maximum atomic E-state index is 13.3. The van der Waals surface area contributed by atoms with Gasteiger partial charge in [0.15, 0.2) is 0 Å². The van der Waals surface area contributed by atoms with Crippen molar-refractivity contribution in [3.8, 4) is 17.5 Å². The number of methoxy groups -OCH3 is 1. The molecule has 0 spiro atoms. The molecule has 38 heavy (non-hydrogen) atoms. The average molecular weight is 558 g/mol. The fraction of sp³-hybridized carbons (Fsp3) is 0.583. The van der Waals surface area contributed by atoms with Crippen molar-refractivity contribution in [1.29, 1.82) is 5.26 Å². The first kappa shape index (κ1) is 29.4. The van der Waals surface area contributed by atoms with Gasteiger partial charge < -0.3 is 14.7 Å². The number of nitriles is 1. The summed E-state index contributed by atoms with van der Waals surface area (Å²) in [6.07, 6.45) is -0.987. The molecule has 1 amide bonds. The van der Waals surface area contributed by atoms with Crippen LogP contribution in [-0.4, -0.2) is 82.3 Å². The number of halogens is 3. The molecule has 14 heteroatoms. The molecular formula is C24H30F3N5O5S. The van der Waals surface area contributed by atoms with Crippen molar-refractivity contribution in [3.63, 3.8) is 0 Å². The van der Waals surface area contributed by atoms with Crippen molar-refractivity contribution in [2.24, 2.45) is 0 Å². The zero-order chi connectivity index (χ0) is 28.3. The lowest BCUT2D eigenvalue weighted by atomic mass is 9.84. The molecule has 1 fully saturated rings. The number of likely N-dealkylation sites (N-methyl/N-ethyl adjacent to an activating group) is 1. The molecule has 10 nitrogen and oxygen atoms in total. The number of carbonyl (C=O) groups excluding carboxylic acids is 1. The van der Waals surface area contributed by atoms with Gasteiger partial charge in [-0.1, -0.05) is 0 Å². The van der Waals surface area contributed by atoms with Gasteiger partial charge in [0.2, 0.25) is 5.82 Å². The summed E-state index contributed by atoms with van der Waals surface area (Å²) in [4.78, 5) is 22.8. The third-order valence-electron chi connectivity index (χ3n) is 6.69. The maximum absolute atomic E-state index is 13.3. The van der Waals surface area contributed by atoms with Crippen LogP contribution in [-0.2, 0) is 16.3 Å². The Balaban J connectivity index is 1.83. The lowest BCUT2D eigenvalue weighted by molar-refractivity contribution is -0.134. The SMILES string of the molecule is CCN(CC1(O)CCC(S(C)(=O)=O)CC1)C(=O)c1cn(-c2cnc(CCC(F)(F)F)cc2OC)c(C#N)n1. The summed E-state index contributed by atoms with van der Waals surface area (Å²) in [7, 11) is -1.90. The summed E-state index contributed by atoms with van der Waals surface area (Å²) in [5, 5.41) is 20.2. The van der Waals surface area contributed by atoms with E-state index < -0.39 is 39.2 Å². The molecule has 0 unspecified atom stereocenters. The van der Waals surface area contributed by atoms with E-state index in [0.29, 0.717) is 12.8 Å². The molecular weight excluding hydrogens is 527 g/mol. The highest BCUT2D eigenvalue weighted by Crippen LogP contribution is 2.33. The number of ether oxygens (including phenoxy) is 1. The minimum absolute atomic E-state index is 0.0354. The van der Waals surface area contributed by atoms with E-state index in [1.165, 1.54) is 41.3 Å². The first-order chi connectivity index (χ1) is 17.7. The Bertz CT molecular complexity index is 1310. The number of imidazole rings is 1. The summed E-state index contributed by atoms with van der Waals surface area (Å²) < 4.78 is 68.0. The van der Waals surface area contributed by atoms with E-state index in [-0.39, 0.29) is 61.0 Å². The van der Waals surface area contributed by atoms with Crippen LogP contribution in [0.1, 0.15) is 61.0 Å². The number of aliphatic hydroxyl groups is 1. The van der Waals surface area contributed by atoms with Crippen LogP contribution in [0, 0.1) is 11.3 Å². The van der Waals surface area contributed by atoms with Crippen LogP contribution >= 0.6 is 0 Å². The molecule has 1 N–H and O–H groups in total. The Labute approximate surface area is 219 Å². The van der Waals surface area contributed by atoms with Crippen molar-refractivity contribution in [3.05, 3.63) is 35.7 Å². The van der Waals surface area contributed by atoms with Crippen LogP contribution in [0.5, 0.6) is 5.75 Å². The fourth-order valence-electron chi connectivity index (χ4n) is 4.53. The highest BCUT2D eigenvalue weighted by atomic mass is 32.2. The van der Waals surface area contributed by atoms with Gasteiger partial charge in [-0.3, -0.25) is 14.3 Å². The third kappa shape index (κ3) is 7.02. The molecule has 2 heterocycles. The summed E-state index contributed by atoms with van der Waals surface area (Å²) in [6, 6.07) is 3.23. The van der Waals surface area contributed by atoms with Gasteiger partial charge in [0, 0.05) is 43.7 Å². The fourth-order valence-corrected chi connectivity index (χ4v) is 5.62. The number of amides is 1. The van der Waals surface area contributed by atoms with Crippen LogP contribution in [0.2, 0.25) is 0 Å². The minimum Gasteiger partial charge on any atom is -0.494 e. The highest BCUT2D eigenvalue weighted by molar-refractivity contribution is 7.91. The monoisotopic (exact) mass is 557 g/mol. The number of hydrogen-bond donors (Lipinski definition) is 1. The maximum Gasteiger partial charge on any atom is 0.389 e. The summed E-state index contributed by atoms with van der Waals surface area (Å²) in [6.45, 7) is 1.91. The quantitative estimate of drug-likeness (QED) is 0.497. The highest BCUT2D eigenvalue weighted by Gasteiger charge is 2.39. The van der Waals surface area contributed by atoms with Crippen molar-refractivity contribution in [2.75, 3.05) is 26.5 Å². The predicted molar refractivity (Wildman–Crippen MR) is 131 cm³/mol. The number of hydrogen-bond acceptors (Lipinski definition) is 8. The molecule has 2 aromatic heterocycles. The van der Waals surface area contributed by atoms with Gasteiger partial charge in [0.1, 0.15) is 33.0 Å². The lowest BCUT2D eigenvalue weighted by Crippen LogP contribution is -2.49. The van der Waals surface area contributed by atoms with Crippen molar-refractivity contribution >= 4 is 15.7 Å². The standard InChI is InChI=1S/C24H30F3N5O5S/c1-4-31(15-23(34)8-6-17(7-9-23)38(3,35)36)22(33)18-14-32(21(12-28)30-18)19-13-29-16(11-20(19)37-2)5-10-24(25,26)27/h11,13-14,17,34H,4-10,15H2,1-3H3. The van der Waals surface area contributed by atoms with Gasteiger partial charge >= 0.3 is 6.18 Å². The van der Waals surface area contributed by atoms with E-state index >= 15 is 0 Å². The van der Waals surface area contributed by atoms with Crippen LogP contribution < -0.4 is 4.74 Å². The second-order valence-corrected chi connectivity index (χ2v) is 11.8. The largest absolute Gasteiger partial charge is 0.494 e. The number of aryl methyl sites for hydroxylation is 1. The summed E-state index contributed by atoms with van der Waals surface area (Å²) in [5.74, 6) is -0.565. The molecule has 0 atom stereocenters. The van der Waals surface area contributed by atoms with E-state index in [2.05, 4.69) is 9.97 Å². The van der Waals surface area contributed by atoms with Crippen molar-refractivity contribution in [1.82, 2.24) is 19.4 Å². The summed E-state index contributed by atoms with van der Waals surface area (Å²) >= 11 is 0. The number of pyridine rings is 1. The normalized spacial score (nSPS) is 20.1. The molecule has 0 saturated heterocycles. The number of sulfone groups is 1. The van der Waals surface area contributed by atoms with Gasteiger partial charge in [-0.2, -0.15) is 18.4 Å². The van der Waals surface area contributed by atoms with Gasteiger partial charge in [-0.15, -0.1) is 0 Å². The molecule has 3 rings (SSSR count). The first-order valence-electron chi connectivity index (χ1n) is 12.0. The molecule has 0 aliphatic heterocycles. The van der Waals surface area contributed by atoms with Crippen molar-refractivity contribution < 1.29 is 36.2 Å². The van der Waals surface area contributed by atoms with E-state index in [9.17, 15) is 36.8 Å². The van der Waals surface area contributed by atoms with E-state index in [1.54, 1.807) is 6.92 Å². The first-order valence-corrected chi connectivity index (χ1v) is 13.9. The molecule has 1 saturated carbocycles. The average Bonchev–Trinajstić information content (AvgIpc) is 3.29. The van der Waals surface area contributed by atoms with E-state index in [4.69, 9.17) is 4.74 Å². The third-order valence-corrected chi connectivity index (χ3v) is 8.38. The molecule has 2 aromatic rings. The van der Waals surface area contributed by atoms with E-state index in [1.807, 2.05) is 6.07 Å². The number of rotatable bonds is 9. The van der Waals surface area contributed by atoms with Gasteiger partial charge in [-0.05, 0) is 39.0 Å². The van der Waals surface area contributed by atoms with Crippen LogP contribution in [0.4, 0.5) is 13.2 Å². The molecule has 0 bridgehead atoms. The lowest BCUT2D eigenvalue weighted by Gasteiger charge is -2.38. The van der Waals surface area contributed by atoms with Gasteiger partial charge in [0.25, 0.3) is 5.91 Å². The van der Waals surface area contributed by atoms with Crippen molar-refractivity contribution in [2.45, 2.75) is 62.5 Å². The molecule has 208 valence electrons. The molecule has 0 aromatic carbocycles. The smallest absolute Gasteiger partial charge is 0.389 e. The molecule has 1 aliphatic carbocycles. The van der Waals surface area contributed by atoms with E-state index in [0.717, 1.165) is 0 Å². The Kier molecular flexibility index (Phi) is 8.72. The van der Waals surface area contributed by atoms with Gasteiger partial charge in [-0.25, -0.2) is 13.4 Å². The minimum atomic E-state index is -4.34. The molecule has 0 radical (unpaired) electrons. The Morgan fingerprint density at radius 2 is 2.03 bits per heavy atom. The molecule has 1 aliphatic rings. The Morgan fingerprint density at radius 3 is 2.55 bits per heavy atom.